The van der Waals surface area contributed by atoms with Gasteiger partial charge in [-0.3, -0.25) is 0 Å². The van der Waals surface area contributed by atoms with Crippen molar-refractivity contribution in [3.05, 3.63) is 12.3 Å². The van der Waals surface area contributed by atoms with Crippen molar-refractivity contribution in [2.24, 2.45) is 0 Å². The molecule has 0 aliphatic heterocycles. The molecule has 0 saturated carbocycles. The number of rotatable bonds is 7. The standard InChI is InChI=1S/C8H14O6S.Na/c1-7(13-2)8(9)14-5-3-4-6-15(10,11)12;/h1,3-6H2,2H3,(H,10,11,12);/q;+1/p-1. The van der Waals surface area contributed by atoms with Crippen LogP contribution in [0.3, 0.4) is 0 Å². The Morgan fingerprint density at radius 1 is 1.38 bits per heavy atom. The molecule has 0 aliphatic carbocycles. The van der Waals surface area contributed by atoms with Crippen LogP contribution in [-0.4, -0.2) is 38.4 Å². The molecule has 8 heteroatoms. The van der Waals surface area contributed by atoms with Crippen molar-refractivity contribution >= 4 is 16.1 Å². The third-order valence-corrected chi connectivity index (χ3v) is 2.28. The van der Waals surface area contributed by atoms with Crippen LogP contribution >= 0.6 is 0 Å². The number of methoxy groups -OCH3 is 1. The summed E-state index contributed by atoms with van der Waals surface area (Å²) in [6, 6.07) is 0. The zero-order valence-electron chi connectivity index (χ0n) is 9.39. The second-order valence-electron chi connectivity index (χ2n) is 2.73. The van der Waals surface area contributed by atoms with Crippen LogP contribution in [0, 0.1) is 0 Å². The molecule has 0 amide bonds. The van der Waals surface area contributed by atoms with E-state index in [0.717, 1.165) is 0 Å². The molecule has 0 aromatic rings. The maximum absolute atomic E-state index is 10.9. The van der Waals surface area contributed by atoms with Gasteiger partial charge in [0.25, 0.3) is 0 Å². The van der Waals surface area contributed by atoms with E-state index in [0.29, 0.717) is 6.42 Å². The van der Waals surface area contributed by atoms with Crippen molar-refractivity contribution in [3.63, 3.8) is 0 Å². The molecular formula is C8H13NaO6S. The molecular weight excluding hydrogens is 247 g/mol. The van der Waals surface area contributed by atoms with Crippen molar-refractivity contribution in [1.29, 1.82) is 0 Å². The Bertz CT molecular complexity index is 323. The third-order valence-electron chi connectivity index (χ3n) is 1.50. The zero-order valence-corrected chi connectivity index (χ0v) is 12.2. The van der Waals surface area contributed by atoms with Crippen molar-refractivity contribution in [3.8, 4) is 0 Å². The molecule has 88 valence electrons. The Labute approximate surface area is 117 Å². The van der Waals surface area contributed by atoms with Crippen LogP contribution in [0.15, 0.2) is 12.3 Å². The van der Waals surface area contributed by atoms with E-state index in [4.69, 9.17) is 0 Å². The van der Waals surface area contributed by atoms with Crippen LogP contribution in [0.1, 0.15) is 12.8 Å². The van der Waals surface area contributed by atoms with Crippen molar-refractivity contribution in [2.45, 2.75) is 12.8 Å². The van der Waals surface area contributed by atoms with E-state index in [2.05, 4.69) is 16.1 Å². The minimum atomic E-state index is -4.18. The van der Waals surface area contributed by atoms with E-state index in [9.17, 15) is 17.8 Å². The number of ether oxygens (including phenoxy) is 2. The summed E-state index contributed by atoms with van der Waals surface area (Å²) in [6.45, 7) is 3.31. The van der Waals surface area contributed by atoms with E-state index < -0.39 is 21.8 Å². The topological polar surface area (TPSA) is 92.7 Å². The van der Waals surface area contributed by atoms with Crippen LogP contribution in [0.4, 0.5) is 0 Å². The van der Waals surface area contributed by atoms with Gasteiger partial charge in [-0.05, 0) is 19.4 Å². The number of esters is 1. The Morgan fingerprint density at radius 3 is 2.38 bits per heavy atom. The fourth-order valence-corrected chi connectivity index (χ4v) is 1.27. The maximum atomic E-state index is 10.9. The molecule has 0 aliphatic rings. The average Bonchev–Trinajstić information content (AvgIpc) is 2.14. The molecule has 0 radical (unpaired) electrons. The minimum absolute atomic E-state index is 0. The Morgan fingerprint density at radius 2 is 1.94 bits per heavy atom. The first kappa shape index (κ1) is 18.3. The second kappa shape index (κ2) is 9.00. The summed E-state index contributed by atoms with van der Waals surface area (Å²) < 4.78 is 39.7. The largest absolute Gasteiger partial charge is 1.00 e. The van der Waals surface area contributed by atoms with Crippen molar-refractivity contribution < 1.29 is 56.8 Å². The first-order valence-corrected chi connectivity index (χ1v) is 5.78. The van der Waals surface area contributed by atoms with Gasteiger partial charge in [-0.25, -0.2) is 13.2 Å². The molecule has 0 spiro atoms. The van der Waals surface area contributed by atoms with Crippen molar-refractivity contribution in [1.82, 2.24) is 0 Å². The van der Waals surface area contributed by atoms with Crippen molar-refractivity contribution in [2.75, 3.05) is 19.5 Å². The first-order valence-electron chi connectivity index (χ1n) is 4.20. The van der Waals surface area contributed by atoms with Gasteiger partial charge in [0.05, 0.1) is 23.8 Å². The molecule has 0 atom stereocenters. The number of unbranched alkanes of at least 4 members (excludes halogenated alkanes) is 1. The summed E-state index contributed by atoms with van der Waals surface area (Å²) in [6.07, 6.45) is 0.475. The fraction of sp³-hybridized carbons (Fsp3) is 0.625. The van der Waals surface area contributed by atoms with Gasteiger partial charge >= 0.3 is 35.5 Å². The predicted octanol–water partition coefficient (Wildman–Crippen LogP) is -2.98. The Kier molecular flexibility index (Phi) is 10.3. The normalized spacial score (nSPS) is 10.1. The molecule has 0 aromatic carbocycles. The second-order valence-corrected chi connectivity index (χ2v) is 4.26. The smallest absolute Gasteiger partial charge is 0.748 e. The van der Waals surface area contributed by atoms with Crippen LogP contribution in [0.25, 0.3) is 0 Å². The fourth-order valence-electron chi connectivity index (χ4n) is 0.710. The molecule has 0 rings (SSSR count). The summed E-state index contributed by atoms with van der Waals surface area (Å²) in [4.78, 5) is 10.9. The molecule has 0 fully saturated rings. The quantitative estimate of drug-likeness (QED) is 0.121. The van der Waals surface area contributed by atoms with Gasteiger partial charge in [-0.1, -0.05) is 0 Å². The van der Waals surface area contributed by atoms with Gasteiger partial charge in [0.1, 0.15) is 0 Å². The van der Waals surface area contributed by atoms with E-state index >= 15 is 0 Å². The van der Waals surface area contributed by atoms with Gasteiger partial charge in [0.2, 0.25) is 0 Å². The van der Waals surface area contributed by atoms with Gasteiger partial charge < -0.3 is 14.0 Å². The summed E-state index contributed by atoms with van der Waals surface area (Å²) in [7, 11) is -2.89. The van der Waals surface area contributed by atoms with Crippen LogP contribution in [-0.2, 0) is 24.4 Å². The van der Waals surface area contributed by atoms with Gasteiger partial charge in [-0.2, -0.15) is 0 Å². The monoisotopic (exact) mass is 260 g/mol. The zero-order chi connectivity index (χ0) is 11.9. The van der Waals surface area contributed by atoms with Gasteiger partial charge in [0, 0.05) is 5.75 Å². The molecule has 0 heterocycles. The molecule has 0 aromatic heterocycles. The minimum Gasteiger partial charge on any atom is -0.748 e. The third kappa shape index (κ3) is 10.4. The number of hydrogen-bond donors (Lipinski definition) is 0. The SMILES string of the molecule is C=C(OC)C(=O)OCCCCS(=O)(=O)[O-].[Na+]. The molecule has 6 nitrogen and oxygen atoms in total. The molecule has 0 unspecified atom stereocenters. The van der Waals surface area contributed by atoms with Gasteiger partial charge in [-0.15, -0.1) is 0 Å². The van der Waals surface area contributed by atoms with E-state index in [-0.39, 0.29) is 48.3 Å². The molecule has 0 saturated heterocycles. The number of carbonyl (C=O) groups excluding carboxylic acids is 1. The molecule has 0 bridgehead atoms. The Balaban J connectivity index is 0. The molecule has 0 N–H and O–H groups in total. The van der Waals surface area contributed by atoms with Crippen LogP contribution in [0.2, 0.25) is 0 Å². The van der Waals surface area contributed by atoms with Gasteiger partial charge in [0.15, 0.2) is 5.76 Å². The van der Waals surface area contributed by atoms with E-state index in [1.54, 1.807) is 0 Å². The van der Waals surface area contributed by atoms with Crippen LogP contribution in [0.5, 0.6) is 0 Å². The number of hydrogen-bond acceptors (Lipinski definition) is 6. The van der Waals surface area contributed by atoms with Crippen LogP contribution < -0.4 is 29.6 Å². The Hall–Kier alpha value is -0.0800. The number of carbonyl (C=O) groups is 1. The summed E-state index contributed by atoms with van der Waals surface area (Å²) in [5, 5.41) is 0. The van der Waals surface area contributed by atoms with E-state index in [1.165, 1.54) is 7.11 Å². The average molecular weight is 260 g/mol. The van der Waals surface area contributed by atoms with E-state index in [1.807, 2.05) is 0 Å². The predicted molar refractivity (Wildman–Crippen MR) is 50.9 cm³/mol. The maximum Gasteiger partial charge on any atom is 1.00 e. The summed E-state index contributed by atoms with van der Waals surface area (Å²) in [5.74, 6) is -1.26. The first-order chi connectivity index (χ1) is 6.87. The summed E-state index contributed by atoms with van der Waals surface area (Å²) >= 11 is 0. The summed E-state index contributed by atoms with van der Waals surface area (Å²) in [5.41, 5.74) is 0. The molecule has 16 heavy (non-hydrogen) atoms.